The molecule has 0 saturated carbocycles. The highest BCUT2D eigenvalue weighted by atomic mass is 32.1. The lowest BCUT2D eigenvalue weighted by molar-refractivity contribution is 0.339. The van der Waals surface area contributed by atoms with Crippen LogP contribution in [0.25, 0.3) is 33.6 Å². The number of hydrogen-bond acceptors (Lipinski definition) is 5. The molecule has 5 heteroatoms. The molecule has 0 saturated heterocycles. The summed E-state index contributed by atoms with van der Waals surface area (Å²) in [7, 11) is 0. The Labute approximate surface area is 137 Å². The zero-order valence-electron chi connectivity index (χ0n) is 12.5. The fourth-order valence-electron chi connectivity index (χ4n) is 2.50. The summed E-state index contributed by atoms with van der Waals surface area (Å²) in [6.45, 7) is 2.54. The summed E-state index contributed by atoms with van der Waals surface area (Å²) in [6, 6.07) is 14.2. The van der Waals surface area contributed by atoms with Gasteiger partial charge in [-0.1, -0.05) is 29.4 Å². The molecule has 0 aliphatic carbocycles. The lowest BCUT2D eigenvalue weighted by Crippen LogP contribution is -1.94. The van der Waals surface area contributed by atoms with Crippen LogP contribution >= 0.6 is 11.3 Å². The summed E-state index contributed by atoms with van der Waals surface area (Å²) in [5, 5.41) is 10.3. The molecule has 0 aliphatic heterocycles. The molecular weight excluding hydrogens is 308 g/mol. The topological polar surface area (TPSA) is 48.2 Å². The average molecular weight is 322 g/mol. The normalized spacial score (nSPS) is 11.0. The molecule has 23 heavy (non-hydrogen) atoms. The Kier molecular flexibility index (Phi) is 3.55. The highest BCUT2D eigenvalue weighted by Gasteiger charge is 2.16. The van der Waals surface area contributed by atoms with Gasteiger partial charge in [0.1, 0.15) is 5.75 Å². The second-order valence-corrected chi connectivity index (χ2v) is 5.84. The van der Waals surface area contributed by atoms with Gasteiger partial charge >= 0.3 is 0 Å². The number of thiophene rings is 1. The van der Waals surface area contributed by atoms with Gasteiger partial charge in [0.15, 0.2) is 0 Å². The predicted molar refractivity (Wildman–Crippen MR) is 91.7 cm³/mol. The van der Waals surface area contributed by atoms with E-state index in [1.54, 1.807) is 11.3 Å². The molecule has 4 rings (SSSR count). The molecule has 2 heterocycles. The van der Waals surface area contributed by atoms with Crippen molar-refractivity contribution in [1.29, 1.82) is 0 Å². The van der Waals surface area contributed by atoms with Gasteiger partial charge < -0.3 is 9.26 Å². The molecule has 0 spiro atoms. The largest absolute Gasteiger partial charge is 0.493 e. The summed E-state index contributed by atoms with van der Waals surface area (Å²) in [4.78, 5) is 4.52. The van der Waals surface area contributed by atoms with Crippen molar-refractivity contribution in [2.45, 2.75) is 6.92 Å². The molecule has 0 unspecified atom stereocenters. The van der Waals surface area contributed by atoms with Gasteiger partial charge in [0.25, 0.3) is 5.89 Å². The summed E-state index contributed by atoms with van der Waals surface area (Å²) >= 11 is 1.61. The smallest absolute Gasteiger partial charge is 0.262 e. The molecule has 0 bridgehead atoms. The van der Waals surface area contributed by atoms with E-state index in [-0.39, 0.29) is 0 Å². The van der Waals surface area contributed by atoms with Crippen LogP contribution in [0.1, 0.15) is 6.92 Å². The van der Waals surface area contributed by atoms with E-state index in [1.807, 2.05) is 48.0 Å². The predicted octanol–water partition coefficient (Wildman–Crippen LogP) is 5.02. The molecule has 0 radical (unpaired) electrons. The fourth-order valence-corrected chi connectivity index (χ4v) is 3.14. The van der Waals surface area contributed by atoms with E-state index in [4.69, 9.17) is 9.26 Å². The minimum atomic E-state index is 0.473. The van der Waals surface area contributed by atoms with Crippen LogP contribution in [-0.4, -0.2) is 16.7 Å². The third-order valence-corrected chi connectivity index (χ3v) is 4.27. The summed E-state index contributed by atoms with van der Waals surface area (Å²) in [5.41, 5.74) is 1.78. The van der Waals surface area contributed by atoms with Gasteiger partial charge in [-0.05, 0) is 41.3 Å². The highest BCUT2D eigenvalue weighted by Crippen LogP contribution is 2.34. The van der Waals surface area contributed by atoms with Crippen LogP contribution in [0.3, 0.4) is 0 Å². The number of aromatic nitrogens is 2. The molecule has 0 fully saturated rings. The zero-order valence-corrected chi connectivity index (χ0v) is 13.3. The maximum Gasteiger partial charge on any atom is 0.262 e. The zero-order chi connectivity index (χ0) is 15.6. The van der Waals surface area contributed by atoms with E-state index in [1.165, 1.54) is 0 Å². The first-order valence-corrected chi connectivity index (χ1v) is 8.31. The Bertz CT molecular complexity index is 945. The quantitative estimate of drug-likeness (QED) is 0.529. The van der Waals surface area contributed by atoms with Crippen molar-refractivity contribution in [2.75, 3.05) is 6.61 Å². The number of rotatable bonds is 4. The summed E-state index contributed by atoms with van der Waals surface area (Å²) < 4.78 is 11.2. The van der Waals surface area contributed by atoms with E-state index in [0.717, 1.165) is 27.6 Å². The number of ether oxygens (including phenoxy) is 1. The number of nitrogens with zero attached hydrogens (tertiary/aromatic N) is 2. The number of fused-ring (bicyclic) bond motifs is 1. The first-order valence-electron chi connectivity index (χ1n) is 7.37. The lowest BCUT2D eigenvalue weighted by atomic mass is 10.1. The van der Waals surface area contributed by atoms with Gasteiger partial charge in [-0.25, -0.2) is 0 Å². The monoisotopic (exact) mass is 322 g/mol. The molecular formula is C18H14N2O2S. The van der Waals surface area contributed by atoms with Crippen LogP contribution < -0.4 is 4.74 Å². The SMILES string of the molecule is CCOc1cc2ccccc2cc1-c1nc(-c2ccsc2)no1. The maximum atomic E-state index is 5.77. The Hall–Kier alpha value is -2.66. The molecule has 0 aliphatic rings. The van der Waals surface area contributed by atoms with Crippen LogP contribution in [0.5, 0.6) is 5.75 Å². The standard InChI is InChI=1S/C18H14N2O2S/c1-2-21-16-10-13-6-4-3-5-12(13)9-15(16)18-19-17(20-22-18)14-7-8-23-11-14/h3-11H,2H2,1H3. The van der Waals surface area contributed by atoms with Crippen LogP contribution in [0, 0.1) is 0 Å². The highest BCUT2D eigenvalue weighted by molar-refractivity contribution is 7.08. The van der Waals surface area contributed by atoms with Gasteiger partial charge in [-0.3, -0.25) is 0 Å². The van der Waals surface area contributed by atoms with E-state index < -0.39 is 0 Å². The third kappa shape index (κ3) is 2.59. The lowest BCUT2D eigenvalue weighted by Gasteiger charge is -2.09. The molecule has 4 aromatic rings. The van der Waals surface area contributed by atoms with Gasteiger partial charge in [0, 0.05) is 10.9 Å². The Morgan fingerprint density at radius 2 is 1.96 bits per heavy atom. The minimum absolute atomic E-state index is 0.473. The molecule has 0 amide bonds. The van der Waals surface area contributed by atoms with E-state index >= 15 is 0 Å². The molecule has 2 aromatic heterocycles. The third-order valence-electron chi connectivity index (χ3n) is 3.58. The Morgan fingerprint density at radius 1 is 1.13 bits per heavy atom. The minimum Gasteiger partial charge on any atom is -0.493 e. The van der Waals surface area contributed by atoms with Crippen LogP contribution in [0.2, 0.25) is 0 Å². The fraction of sp³-hybridized carbons (Fsp3) is 0.111. The molecule has 0 N–H and O–H groups in total. The van der Waals surface area contributed by atoms with Crippen molar-refractivity contribution in [3.05, 3.63) is 53.2 Å². The van der Waals surface area contributed by atoms with Gasteiger partial charge in [-0.2, -0.15) is 16.3 Å². The van der Waals surface area contributed by atoms with Gasteiger partial charge in [0.2, 0.25) is 5.82 Å². The first-order chi connectivity index (χ1) is 11.3. The molecule has 4 nitrogen and oxygen atoms in total. The first kappa shape index (κ1) is 14.0. The second-order valence-electron chi connectivity index (χ2n) is 5.06. The van der Waals surface area contributed by atoms with Crippen molar-refractivity contribution < 1.29 is 9.26 Å². The van der Waals surface area contributed by atoms with Crippen molar-refractivity contribution in [3.63, 3.8) is 0 Å². The molecule has 0 atom stereocenters. The second kappa shape index (κ2) is 5.85. The van der Waals surface area contributed by atoms with E-state index in [0.29, 0.717) is 18.3 Å². The van der Waals surface area contributed by atoms with Crippen molar-refractivity contribution in [1.82, 2.24) is 10.1 Å². The molecule has 114 valence electrons. The number of hydrogen-bond donors (Lipinski definition) is 0. The van der Waals surface area contributed by atoms with E-state index in [2.05, 4.69) is 22.3 Å². The van der Waals surface area contributed by atoms with Crippen LogP contribution in [0.15, 0.2) is 57.7 Å². The number of benzene rings is 2. The van der Waals surface area contributed by atoms with Crippen molar-refractivity contribution in [3.8, 4) is 28.6 Å². The average Bonchev–Trinajstić information content (AvgIpc) is 3.26. The van der Waals surface area contributed by atoms with Crippen molar-refractivity contribution >= 4 is 22.1 Å². The molecule has 2 aromatic carbocycles. The van der Waals surface area contributed by atoms with Crippen LogP contribution in [-0.2, 0) is 0 Å². The maximum absolute atomic E-state index is 5.77. The Balaban J connectivity index is 1.85. The van der Waals surface area contributed by atoms with E-state index in [9.17, 15) is 0 Å². The van der Waals surface area contributed by atoms with Crippen LogP contribution in [0.4, 0.5) is 0 Å². The summed E-state index contributed by atoms with van der Waals surface area (Å²) in [5.74, 6) is 1.82. The van der Waals surface area contributed by atoms with Crippen molar-refractivity contribution in [2.24, 2.45) is 0 Å². The van der Waals surface area contributed by atoms with Gasteiger partial charge in [0.05, 0.1) is 12.2 Å². The van der Waals surface area contributed by atoms with Gasteiger partial charge in [-0.15, -0.1) is 0 Å². The Morgan fingerprint density at radius 3 is 2.70 bits per heavy atom. The summed E-state index contributed by atoms with van der Waals surface area (Å²) in [6.07, 6.45) is 0.